The lowest BCUT2D eigenvalue weighted by atomic mass is 10.6. The molecule has 33 heteroatoms. The molecular formula is C48H144O20Si13. The highest BCUT2D eigenvalue weighted by Gasteiger charge is 2.43. The lowest BCUT2D eigenvalue weighted by molar-refractivity contribution is 0.0311. The summed E-state index contributed by atoms with van der Waals surface area (Å²) in [7, 11) is -26.6. The molecule has 0 bridgehead atoms. The van der Waals surface area contributed by atoms with Gasteiger partial charge in [-0.05, 0) is 213 Å². The zero-order valence-corrected chi connectivity index (χ0v) is 71.8. The van der Waals surface area contributed by atoms with Gasteiger partial charge in [-0.2, -0.15) is 0 Å². The summed E-state index contributed by atoms with van der Waals surface area (Å²) in [4.78, 5) is 148. The van der Waals surface area contributed by atoms with Gasteiger partial charge in [-0.15, -0.1) is 0 Å². The van der Waals surface area contributed by atoms with Crippen molar-refractivity contribution in [3.8, 4) is 12.5 Å². The molecule has 81 heavy (non-hydrogen) atoms. The van der Waals surface area contributed by atoms with Gasteiger partial charge >= 0.3 is 43.3 Å². The first-order valence-electron chi connectivity index (χ1n) is 28.6. The molecule has 0 aromatic rings. The van der Waals surface area contributed by atoms with Crippen LogP contribution in [0.1, 0.15) is 88.5 Å². The standard InChI is InChI=1S/C9H22OSi.C6H12O4Si.C6H16OSi.C4H12O2Si.5C3H10OSi.3C2H8O2Si.C2H8OSi/c1-4-7-11(10,8-5-2)9-6-3;1-4-8-11(7,9-5-2)10-6-3;1-4-8(7,5-2)6-3;1-3-7(5,6)4-2;8*1-5(2,3)4;1-4(2)3/h10H,4-9H2,1-3H3;1,7H,5-6H2,2-3H3;7H,4-6H2,1-3H3;5-6H,3-4H2,1-2H3;5*4H,1-3H3;3*3-4H,1-2H3;3-4H,1-2H3. The van der Waals surface area contributed by atoms with E-state index in [4.69, 9.17) is 82.4 Å². The van der Waals surface area contributed by atoms with Crippen LogP contribution in [-0.4, -0.2) is 205 Å². The van der Waals surface area contributed by atoms with Crippen LogP contribution in [0.4, 0.5) is 0 Å². The predicted molar refractivity (Wildman–Crippen MR) is 380 cm³/mol. The summed E-state index contributed by atoms with van der Waals surface area (Å²) in [6, 6.07) is 7.45. The van der Waals surface area contributed by atoms with Crippen molar-refractivity contribution in [3.63, 3.8) is 0 Å². The molecule has 0 saturated carbocycles. The molecule has 0 rings (SSSR count). The highest BCUT2D eigenvalue weighted by molar-refractivity contribution is 6.73. The summed E-state index contributed by atoms with van der Waals surface area (Å²) in [6.45, 7) is 61.0. The van der Waals surface area contributed by atoms with E-state index in [2.05, 4.69) is 46.0 Å². The number of hydrogen-bond donors (Lipinski definition) is 17. The Labute approximate surface area is 515 Å². The maximum absolute atomic E-state index is 10.2. The van der Waals surface area contributed by atoms with Crippen LogP contribution in [0.25, 0.3) is 0 Å². The van der Waals surface area contributed by atoms with Gasteiger partial charge in [-0.1, -0.05) is 81.1 Å². The molecule has 0 unspecified atom stereocenters. The molecule has 0 heterocycles. The first-order valence-corrected chi connectivity index (χ1v) is 66.4. The third-order valence-electron chi connectivity index (χ3n) is 6.09. The minimum Gasteiger partial charge on any atom is -0.435 e. The van der Waals surface area contributed by atoms with Gasteiger partial charge < -0.3 is 94.8 Å². The minimum atomic E-state index is -3.49. The minimum absolute atomic E-state index is 0.310. The summed E-state index contributed by atoms with van der Waals surface area (Å²) < 4.78 is 14.1. The van der Waals surface area contributed by atoms with E-state index in [1.807, 2.05) is 117 Å². The Balaban J connectivity index is -0.0000000570. The van der Waals surface area contributed by atoms with E-state index < -0.39 is 111 Å². The van der Waals surface area contributed by atoms with Crippen molar-refractivity contribution in [3.05, 3.63) is 0 Å². The Bertz CT molecular complexity index is 1060. The number of hydrogen-bond acceptors (Lipinski definition) is 20. The molecule has 0 atom stereocenters. The maximum atomic E-state index is 10.2. The van der Waals surface area contributed by atoms with E-state index in [1.165, 1.54) is 39.3 Å². The molecule has 0 fully saturated rings. The van der Waals surface area contributed by atoms with Crippen molar-refractivity contribution < 1.29 is 94.8 Å². The van der Waals surface area contributed by atoms with Crippen LogP contribution in [-0.2, 0) is 13.3 Å². The average Bonchev–Trinajstić information content (AvgIpc) is 3.13. The molecule has 0 aliphatic rings. The highest BCUT2D eigenvalue weighted by Crippen LogP contribution is 2.22. The van der Waals surface area contributed by atoms with E-state index in [-0.39, 0.29) is 0 Å². The smallest absolute Gasteiger partial charge is 0.435 e. The Hall–Kier alpha value is 1.42. The van der Waals surface area contributed by atoms with E-state index in [0.717, 1.165) is 55.5 Å². The molecule has 508 valence electrons. The topological polar surface area (TPSA) is 372 Å². The van der Waals surface area contributed by atoms with Crippen LogP contribution in [0.3, 0.4) is 0 Å². The second kappa shape index (κ2) is 60.3. The zero-order chi connectivity index (χ0) is 69.6. The normalized spacial score (nSPS) is 11.7. The third-order valence-corrected chi connectivity index (χ3v) is 18.3. The van der Waals surface area contributed by atoms with Gasteiger partial charge in [0.2, 0.25) is 0 Å². The number of terminal acetylenes is 1. The van der Waals surface area contributed by atoms with Crippen LogP contribution in [0, 0.1) is 12.5 Å². The molecule has 0 saturated heterocycles. The van der Waals surface area contributed by atoms with Gasteiger partial charge in [-0.3, -0.25) is 0 Å². The first kappa shape index (κ1) is 113. The summed E-state index contributed by atoms with van der Waals surface area (Å²) in [6.07, 6.45) is 10.1. The van der Waals surface area contributed by atoms with Gasteiger partial charge in [0.15, 0.2) is 67.3 Å². The third kappa shape index (κ3) is 314. The van der Waals surface area contributed by atoms with Crippen LogP contribution in [0.2, 0.25) is 199 Å². The molecular weight excluding hydrogens is 1260 g/mol. The van der Waals surface area contributed by atoms with E-state index >= 15 is 0 Å². The Morgan fingerprint density at radius 1 is 0.333 bits per heavy atom. The quantitative estimate of drug-likeness (QED) is 0.0507. The monoisotopic (exact) mass is 1400 g/mol. The van der Waals surface area contributed by atoms with Gasteiger partial charge in [0, 0.05) is 13.2 Å². The van der Waals surface area contributed by atoms with Crippen LogP contribution < -0.4 is 0 Å². The summed E-state index contributed by atoms with van der Waals surface area (Å²) >= 11 is 0. The fraction of sp³-hybridized carbons (Fsp3) is 0.958. The summed E-state index contributed by atoms with van der Waals surface area (Å²) in [5.74, 6) is 0. The van der Waals surface area contributed by atoms with E-state index in [9.17, 15) is 14.4 Å². The van der Waals surface area contributed by atoms with Crippen molar-refractivity contribution in [2.75, 3.05) is 13.2 Å². The Morgan fingerprint density at radius 3 is 0.543 bits per heavy atom. The lowest BCUT2D eigenvalue weighted by Gasteiger charge is -2.23. The van der Waals surface area contributed by atoms with Crippen molar-refractivity contribution in [1.29, 1.82) is 0 Å². The van der Waals surface area contributed by atoms with Crippen LogP contribution >= 0.6 is 0 Å². The Morgan fingerprint density at radius 2 is 0.481 bits per heavy atom. The molecule has 0 spiro atoms. The van der Waals surface area contributed by atoms with Gasteiger partial charge in [-0.25, -0.2) is 0 Å². The summed E-state index contributed by atoms with van der Waals surface area (Å²) in [5, 5.41) is 0. The lowest BCUT2D eigenvalue weighted by Crippen LogP contribution is -2.44. The average molecular weight is 1410 g/mol. The van der Waals surface area contributed by atoms with E-state index in [1.54, 1.807) is 27.7 Å². The zero-order valence-electron chi connectivity index (χ0n) is 58.7. The van der Waals surface area contributed by atoms with Crippen molar-refractivity contribution in [2.45, 2.75) is 287 Å². The van der Waals surface area contributed by atoms with Gasteiger partial charge in [0.05, 0.1) is 6.11 Å². The Kier molecular flexibility index (Phi) is 84.5. The van der Waals surface area contributed by atoms with Crippen LogP contribution in [0.5, 0.6) is 0 Å². The molecule has 0 radical (unpaired) electrons. The molecule has 0 aromatic heterocycles. The molecule has 0 aromatic carbocycles. The van der Waals surface area contributed by atoms with Crippen LogP contribution in [0.15, 0.2) is 0 Å². The maximum Gasteiger partial charge on any atom is 0.755 e. The second-order valence-corrected chi connectivity index (χ2v) is 72.1. The van der Waals surface area contributed by atoms with Gasteiger partial charge in [0.1, 0.15) is 0 Å². The van der Waals surface area contributed by atoms with Crippen molar-refractivity contribution in [1.82, 2.24) is 0 Å². The number of rotatable bonds is 16. The molecule has 0 amide bonds. The fourth-order valence-corrected chi connectivity index (χ4v) is 9.93. The molecule has 20 nitrogen and oxygen atoms in total. The van der Waals surface area contributed by atoms with Crippen molar-refractivity contribution in [2.24, 2.45) is 0 Å². The van der Waals surface area contributed by atoms with Crippen molar-refractivity contribution >= 4 is 111 Å². The van der Waals surface area contributed by atoms with E-state index in [0.29, 0.717) is 25.3 Å². The van der Waals surface area contributed by atoms with Gasteiger partial charge in [0.25, 0.3) is 0 Å². The molecule has 17 N–H and O–H groups in total. The fourth-order valence-electron chi connectivity index (χ4n) is 3.31. The summed E-state index contributed by atoms with van der Waals surface area (Å²) in [5.41, 5.74) is 0. The molecule has 0 aliphatic carbocycles. The highest BCUT2D eigenvalue weighted by atomic mass is 28.4. The molecule has 0 aliphatic heterocycles. The second-order valence-electron chi connectivity index (χ2n) is 25.5. The largest absolute Gasteiger partial charge is 0.755 e. The predicted octanol–water partition coefficient (Wildman–Crippen LogP) is 8.73. The SMILES string of the molecule is C#CO[Si](O)(OCC)OCC.CCC[Si](O)(CCC)CCC.CC[Si](O)(CC)CC.CC[Si](O)(O)CC.C[SiH](C)O.C[Si](C)(C)O.C[Si](C)(C)O.C[Si](C)(C)O.C[Si](C)(C)O.C[Si](C)(C)O.C[Si](C)(O)O.C[Si](C)(O)O.C[Si](C)(O)O. The first-order chi connectivity index (χ1) is 34.9.